The summed E-state index contributed by atoms with van der Waals surface area (Å²) in [5.74, 6) is 0.0593. The fourth-order valence-electron chi connectivity index (χ4n) is 1.84. The third-order valence-electron chi connectivity index (χ3n) is 2.81. The lowest BCUT2D eigenvalue weighted by Gasteiger charge is -2.45. The van der Waals surface area contributed by atoms with Gasteiger partial charge in [-0.15, -0.1) is 0 Å². The lowest BCUT2D eigenvalue weighted by atomic mass is 10.0. The molecule has 1 heterocycles. The Morgan fingerprint density at radius 2 is 1.00 bits per heavy atom. The molecular weight excluding hydrogens is 204 g/mol. The summed E-state index contributed by atoms with van der Waals surface area (Å²) in [4.78, 5) is 27.3. The van der Waals surface area contributed by atoms with Crippen LogP contribution in [-0.4, -0.2) is 45.8 Å². The van der Waals surface area contributed by atoms with E-state index in [0.29, 0.717) is 0 Å². The molecule has 1 aliphatic rings. The van der Waals surface area contributed by atoms with E-state index in [0.717, 1.165) is 0 Å². The van der Waals surface area contributed by atoms with Crippen LogP contribution in [0.4, 0.5) is 0 Å². The van der Waals surface area contributed by atoms with Crippen molar-refractivity contribution in [2.75, 3.05) is 13.1 Å². The first-order valence-electron chi connectivity index (χ1n) is 5.64. The first kappa shape index (κ1) is 13.0. The highest BCUT2D eigenvalue weighted by Gasteiger charge is 2.39. The summed E-state index contributed by atoms with van der Waals surface area (Å²) in [6.07, 6.45) is 0. The van der Waals surface area contributed by atoms with Crippen molar-refractivity contribution in [3.63, 3.8) is 0 Å². The quantitative estimate of drug-likeness (QED) is 0.624. The molecule has 4 nitrogen and oxygen atoms in total. The van der Waals surface area contributed by atoms with E-state index in [1.807, 2.05) is 41.5 Å². The Morgan fingerprint density at radius 1 is 0.750 bits per heavy atom. The van der Waals surface area contributed by atoms with Crippen molar-refractivity contribution >= 4 is 11.8 Å². The van der Waals surface area contributed by atoms with Gasteiger partial charge in [-0.3, -0.25) is 9.59 Å². The van der Waals surface area contributed by atoms with Crippen molar-refractivity contribution in [2.45, 2.75) is 52.6 Å². The Kier molecular flexibility index (Phi) is 3.05. The Labute approximate surface area is 97.6 Å². The highest BCUT2D eigenvalue weighted by atomic mass is 16.2. The molecule has 92 valence electrons. The van der Waals surface area contributed by atoms with Gasteiger partial charge in [-0.1, -0.05) is 0 Å². The van der Waals surface area contributed by atoms with E-state index in [9.17, 15) is 9.59 Å². The monoisotopic (exact) mass is 226 g/mol. The largest absolute Gasteiger partial charge is 0.327 e. The smallest absolute Gasteiger partial charge is 0.243 e. The fourth-order valence-corrected chi connectivity index (χ4v) is 1.84. The summed E-state index contributed by atoms with van der Waals surface area (Å²) < 4.78 is 0. The average Bonchev–Trinajstić information content (AvgIpc) is 2.04. The van der Waals surface area contributed by atoms with Gasteiger partial charge in [0.15, 0.2) is 0 Å². The summed E-state index contributed by atoms with van der Waals surface area (Å²) >= 11 is 0. The van der Waals surface area contributed by atoms with Gasteiger partial charge in [0.25, 0.3) is 0 Å². The van der Waals surface area contributed by atoms with Gasteiger partial charge in [-0.25, -0.2) is 0 Å². The van der Waals surface area contributed by atoms with E-state index in [1.54, 1.807) is 9.80 Å². The molecule has 0 N–H and O–H groups in total. The molecule has 2 amide bonds. The van der Waals surface area contributed by atoms with Crippen LogP contribution in [0.1, 0.15) is 41.5 Å². The van der Waals surface area contributed by atoms with E-state index < -0.39 is 0 Å². The van der Waals surface area contributed by atoms with Gasteiger partial charge < -0.3 is 9.80 Å². The number of nitrogens with zero attached hydrogens (tertiary/aromatic N) is 2. The van der Waals surface area contributed by atoms with E-state index in [2.05, 4.69) is 0 Å². The molecule has 16 heavy (non-hydrogen) atoms. The Hall–Kier alpha value is -1.06. The maximum absolute atomic E-state index is 12.0. The number of amides is 2. The van der Waals surface area contributed by atoms with Crippen molar-refractivity contribution in [2.24, 2.45) is 0 Å². The second-order valence-corrected chi connectivity index (χ2v) is 6.30. The Bertz CT molecular complexity index is 278. The minimum absolute atomic E-state index is 0.0297. The molecule has 0 bridgehead atoms. The van der Waals surface area contributed by atoms with Crippen molar-refractivity contribution in [1.29, 1.82) is 0 Å². The molecule has 4 heteroatoms. The fraction of sp³-hybridized carbons (Fsp3) is 0.833. The van der Waals surface area contributed by atoms with Crippen LogP contribution >= 0.6 is 0 Å². The van der Waals surface area contributed by atoms with E-state index >= 15 is 0 Å². The Balaban J connectivity index is 2.88. The van der Waals surface area contributed by atoms with E-state index in [1.165, 1.54) is 0 Å². The van der Waals surface area contributed by atoms with Crippen molar-refractivity contribution in [1.82, 2.24) is 9.80 Å². The van der Waals surface area contributed by atoms with Gasteiger partial charge in [0.2, 0.25) is 11.8 Å². The summed E-state index contributed by atoms with van der Waals surface area (Å²) in [7, 11) is 0. The molecule has 0 saturated carbocycles. The van der Waals surface area contributed by atoms with Crippen molar-refractivity contribution in [3.8, 4) is 0 Å². The van der Waals surface area contributed by atoms with E-state index in [4.69, 9.17) is 0 Å². The predicted molar refractivity (Wildman–Crippen MR) is 62.9 cm³/mol. The van der Waals surface area contributed by atoms with Crippen LogP contribution < -0.4 is 0 Å². The molecule has 0 radical (unpaired) electrons. The number of rotatable bonds is 0. The third kappa shape index (κ3) is 2.54. The molecular formula is C12H22N2O2. The van der Waals surface area contributed by atoms with Crippen LogP contribution in [0.15, 0.2) is 0 Å². The van der Waals surface area contributed by atoms with Gasteiger partial charge >= 0.3 is 0 Å². The van der Waals surface area contributed by atoms with Crippen LogP contribution in [0, 0.1) is 0 Å². The second kappa shape index (κ2) is 3.75. The molecule has 1 fully saturated rings. The molecule has 1 rings (SSSR count). The number of hydrogen-bond donors (Lipinski definition) is 0. The lowest BCUT2D eigenvalue weighted by molar-refractivity contribution is -0.158. The Morgan fingerprint density at radius 3 is 1.19 bits per heavy atom. The number of carbonyl (C=O) groups excluding carboxylic acids is 2. The van der Waals surface area contributed by atoms with E-state index in [-0.39, 0.29) is 36.0 Å². The van der Waals surface area contributed by atoms with Gasteiger partial charge in [0.05, 0.1) is 0 Å². The minimum atomic E-state index is -0.281. The highest BCUT2D eigenvalue weighted by molar-refractivity contribution is 5.93. The molecule has 0 atom stereocenters. The summed E-state index contributed by atoms with van der Waals surface area (Å²) in [6, 6.07) is 0. The predicted octanol–water partition coefficient (Wildman–Crippen LogP) is 1.25. The van der Waals surface area contributed by atoms with Crippen molar-refractivity contribution in [3.05, 3.63) is 0 Å². The first-order valence-corrected chi connectivity index (χ1v) is 5.64. The van der Waals surface area contributed by atoms with Crippen LogP contribution in [0.25, 0.3) is 0 Å². The van der Waals surface area contributed by atoms with Crippen LogP contribution in [0.3, 0.4) is 0 Å². The average molecular weight is 226 g/mol. The standard InChI is InChI=1S/C12H22N2O2/c1-11(2,3)13-7-10(16)14(8-9(13)15)12(4,5)6/h7-8H2,1-6H3. The van der Waals surface area contributed by atoms with Crippen molar-refractivity contribution < 1.29 is 9.59 Å². The molecule has 0 spiro atoms. The molecule has 0 aromatic carbocycles. The topological polar surface area (TPSA) is 40.6 Å². The van der Waals surface area contributed by atoms with Crippen LogP contribution in [0.5, 0.6) is 0 Å². The minimum Gasteiger partial charge on any atom is -0.327 e. The van der Waals surface area contributed by atoms with Gasteiger partial charge in [-0.2, -0.15) is 0 Å². The first-order chi connectivity index (χ1) is 7.03. The van der Waals surface area contributed by atoms with Gasteiger partial charge in [-0.05, 0) is 41.5 Å². The normalized spacial score (nSPS) is 19.4. The number of piperazine rings is 1. The molecule has 0 unspecified atom stereocenters. The summed E-state index contributed by atoms with van der Waals surface area (Å²) in [5.41, 5.74) is -0.562. The molecule has 0 aliphatic carbocycles. The van der Waals surface area contributed by atoms with Crippen LogP contribution in [0.2, 0.25) is 0 Å². The third-order valence-corrected chi connectivity index (χ3v) is 2.81. The zero-order valence-electron chi connectivity index (χ0n) is 11.1. The zero-order chi connectivity index (χ0) is 12.7. The maximum atomic E-state index is 12.0. The maximum Gasteiger partial charge on any atom is 0.243 e. The molecule has 0 aromatic rings. The highest BCUT2D eigenvalue weighted by Crippen LogP contribution is 2.22. The zero-order valence-corrected chi connectivity index (χ0v) is 11.1. The molecule has 1 saturated heterocycles. The second-order valence-electron chi connectivity index (χ2n) is 6.30. The lowest BCUT2D eigenvalue weighted by Crippen LogP contribution is -2.63. The van der Waals surface area contributed by atoms with Crippen LogP contribution in [-0.2, 0) is 9.59 Å². The number of hydrogen-bond acceptors (Lipinski definition) is 2. The number of carbonyl (C=O) groups is 2. The van der Waals surface area contributed by atoms with Gasteiger partial charge in [0.1, 0.15) is 13.1 Å². The molecule has 0 aromatic heterocycles. The van der Waals surface area contributed by atoms with Gasteiger partial charge in [0, 0.05) is 11.1 Å². The SMILES string of the molecule is CC(C)(C)N1CC(=O)N(C(C)(C)C)CC1=O. The summed E-state index contributed by atoms with van der Waals surface area (Å²) in [6.45, 7) is 12.1. The summed E-state index contributed by atoms with van der Waals surface area (Å²) in [5, 5.41) is 0. The molecule has 1 aliphatic heterocycles.